The lowest BCUT2D eigenvalue weighted by Crippen LogP contribution is -2.27. The summed E-state index contributed by atoms with van der Waals surface area (Å²) in [6, 6.07) is 6.91. The Hall–Kier alpha value is -3.14. The highest BCUT2D eigenvalue weighted by atomic mass is 19.1. The van der Waals surface area contributed by atoms with Gasteiger partial charge in [-0.25, -0.2) is 4.39 Å². The maximum absolute atomic E-state index is 12.9. The molecule has 2 rings (SSSR count). The fraction of sp³-hybridized carbons (Fsp3) is 0.278. The van der Waals surface area contributed by atoms with Gasteiger partial charge in [0.2, 0.25) is 11.7 Å². The van der Waals surface area contributed by atoms with E-state index in [1.807, 2.05) is 0 Å². The van der Waals surface area contributed by atoms with Crippen molar-refractivity contribution in [3.63, 3.8) is 0 Å². The van der Waals surface area contributed by atoms with Crippen molar-refractivity contribution in [1.82, 2.24) is 4.57 Å². The van der Waals surface area contributed by atoms with Crippen LogP contribution >= 0.6 is 0 Å². The van der Waals surface area contributed by atoms with Crippen molar-refractivity contribution in [1.29, 1.82) is 5.26 Å². The van der Waals surface area contributed by atoms with E-state index in [-0.39, 0.29) is 29.0 Å². The van der Waals surface area contributed by atoms with E-state index in [2.05, 4.69) is 0 Å². The smallest absolute Gasteiger partial charge is 0.271 e. The van der Waals surface area contributed by atoms with Gasteiger partial charge in [0.25, 0.3) is 5.56 Å². The van der Waals surface area contributed by atoms with Crippen molar-refractivity contribution in [2.24, 2.45) is 0 Å². The lowest BCUT2D eigenvalue weighted by molar-refractivity contribution is 0.0916. The summed E-state index contributed by atoms with van der Waals surface area (Å²) in [5.74, 6) is -1.21. The lowest BCUT2D eigenvalue weighted by atomic mass is 10.0. The summed E-state index contributed by atoms with van der Waals surface area (Å²) in [6.07, 6.45) is 0.543. The number of pyridine rings is 1. The molecule has 6 nitrogen and oxygen atoms in total. The standard InChI is InChI=1S/C18H17FN2O4/c1-3-8-21-17(23)14(9-20)11(2)16(18(21)24)15(22)10-25-13-6-4-12(19)5-7-13/h4-7,24H,3,8,10H2,1-2H3. The minimum Gasteiger partial charge on any atom is -0.494 e. The number of aromatic nitrogens is 1. The van der Waals surface area contributed by atoms with Gasteiger partial charge >= 0.3 is 0 Å². The van der Waals surface area contributed by atoms with Gasteiger partial charge in [-0.2, -0.15) is 5.26 Å². The number of halogens is 1. The van der Waals surface area contributed by atoms with Gasteiger partial charge in [-0.3, -0.25) is 14.2 Å². The number of hydrogen-bond donors (Lipinski definition) is 1. The molecule has 1 aromatic heterocycles. The van der Waals surface area contributed by atoms with Gasteiger partial charge in [-0.05, 0) is 43.2 Å². The minimum absolute atomic E-state index is 0.116. The van der Waals surface area contributed by atoms with Crippen LogP contribution in [0.15, 0.2) is 29.1 Å². The first-order chi connectivity index (χ1) is 11.9. The van der Waals surface area contributed by atoms with E-state index in [0.717, 1.165) is 4.57 Å². The summed E-state index contributed by atoms with van der Waals surface area (Å²) < 4.78 is 19.2. The van der Waals surface area contributed by atoms with Gasteiger partial charge in [0, 0.05) is 6.54 Å². The minimum atomic E-state index is -0.629. The largest absolute Gasteiger partial charge is 0.494 e. The van der Waals surface area contributed by atoms with Crippen LogP contribution in [0.1, 0.15) is 34.8 Å². The number of nitrogens with zero attached hydrogens (tertiary/aromatic N) is 2. The third kappa shape index (κ3) is 3.69. The van der Waals surface area contributed by atoms with Gasteiger partial charge in [0.05, 0.1) is 5.56 Å². The molecule has 1 N–H and O–H groups in total. The van der Waals surface area contributed by atoms with Crippen LogP contribution in [0.25, 0.3) is 0 Å². The second kappa shape index (κ2) is 7.62. The molecule has 0 spiro atoms. The predicted octanol–water partition coefficient (Wildman–Crippen LogP) is 2.54. The number of ketones is 1. The Balaban J connectivity index is 2.38. The molecule has 0 amide bonds. The Morgan fingerprint density at radius 2 is 2.00 bits per heavy atom. The summed E-state index contributed by atoms with van der Waals surface area (Å²) in [4.78, 5) is 24.7. The number of ether oxygens (including phenoxy) is 1. The van der Waals surface area contributed by atoms with Crippen LogP contribution in [0.4, 0.5) is 4.39 Å². The van der Waals surface area contributed by atoms with Gasteiger partial charge in [-0.1, -0.05) is 6.92 Å². The molecule has 0 saturated carbocycles. The first-order valence-corrected chi connectivity index (χ1v) is 7.68. The highest BCUT2D eigenvalue weighted by molar-refractivity contribution is 6.01. The van der Waals surface area contributed by atoms with Gasteiger partial charge in [0.1, 0.15) is 23.2 Å². The van der Waals surface area contributed by atoms with E-state index < -0.39 is 29.6 Å². The SMILES string of the molecule is CCCn1c(O)c(C(=O)COc2ccc(F)cc2)c(C)c(C#N)c1=O. The molecule has 2 aromatic rings. The van der Waals surface area contributed by atoms with Crippen LogP contribution in [0.3, 0.4) is 0 Å². The van der Waals surface area contributed by atoms with Gasteiger partial charge in [-0.15, -0.1) is 0 Å². The summed E-state index contributed by atoms with van der Waals surface area (Å²) in [5.41, 5.74) is -0.816. The molecule has 130 valence electrons. The number of nitriles is 1. The maximum Gasteiger partial charge on any atom is 0.271 e. The van der Waals surface area contributed by atoms with E-state index in [1.165, 1.54) is 31.2 Å². The average Bonchev–Trinajstić information content (AvgIpc) is 2.58. The number of benzene rings is 1. The summed E-state index contributed by atoms with van der Waals surface area (Å²) >= 11 is 0. The van der Waals surface area contributed by atoms with Crippen LogP contribution in [0, 0.1) is 24.1 Å². The molecular formula is C18H17FN2O4. The Kier molecular flexibility index (Phi) is 5.55. The van der Waals surface area contributed by atoms with Crippen LogP contribution in [0.2, 0.25) is 0 Å². The molecule has 0 atom stereocenters. The van der Waals surface area contributed by atoms with Crippen molar-refractivity contribution in [3.8, 4) is 17.7 Å². The third-order valence-electron chi connectivity index (χ3n) is 3.71. The van der Waals surface area contributed by atoms with Gasteiger partial charge in [0.15, 0.2) is 6.61 Å². The van der Waals surface area contributed by atoms with E-state index in [9.17, 15) is 24.3 Å². The molecule has 0 unspecified atom stereocenters. The Morgan fingerprint density at radius 1 is 1.36 bits per heavy atom. The molecule has 7 heteroatoms. The Morgan fingerprint density at radius 3 is 2.56 bits per heavy atom. The normalized spacial score (nSPS) is 10.3. The Bertz CT molecular complexity index is 895. The van der Waals surface area contributed by atoms with Crippen molar-refractivity contribution in [2.75, 3.05) is 6.61 Å². The first kappa shape index (κ1) is 18.2. The van der Waals surface area contributed by atoms with Gasteiger partial charge < -0.3 is 9.84 Å². The zero-order chi connectivity index (χ0) is 18.6. The average molecular weight is 344 g/mol. The molecule has 0 aliphatic rings. The molecule has 0 saturated heterocycles. The molecule has 25 heavy (non-hydrogen) atoms. The number of carbonyl (C=O) groups excluding carboxylic acids is 1. The highest BCUT2D eigenvalue weighted by Gasteiger charge is 2.23. The van der Waals surface area contributed by atoms with Crippen LogP contribution in [0.5, 0.6) is 11.6 Å². The fourth-order valence-corrected chi connectivity index (χ4v) is 2.47. The number of hydrogen-bond acceptors (Lipinski definition) is 5. The zero-order valence-electron chi connectivity index (χ0n) is 13.9. The molecule has 0 aliphatic carbocycles. The fourth-order valence-electron chi connectivity index (χ4n) is 2.47. The second-order valence-electron chi connectivity index (χ2n) is 5.43. The van der Waals surface area contributed by atoms with E-state index in [4.69, 9.17) is 4.74 Å². The highest BCUT2D eigenvalue weighted by Crippen LogP contribution is 2.23. The number of rotatable bonds is 6. The van der Waals surface area contributed by atoms with Crippen LogP contribution in [-0.2, 0) is 6.54 Å². The van der Waals surface area contributed by atoms with E-state index in [0.29, 0.717) is 6.42 Å². The molecule has 0 aliphatic heterocycles. The molecule has 0 bridgehead atoms. The molecule has 0 fully saturated rings. The number of carbonyl (C=O) groups is 1. The predicted molar refractivity (Wildman–Crippen MR) is 88.3 cm³/mol. The van der Waals surface area contributed by atoms with Crippen molar-refractivity contribution < 1.29 is 19.0 Å². The second-order valence-corrected chi connectivity index (χ2v) is 5.43. The number of aromatic hydroxyl groups is 1. The Labute approximate surface area is 143 Å². The molecule has 0 radical (unpaired) electrons. The zero-order valence-corrected chi connectivity index (χ0v) is 13.9. The summed E-state index contributed by atoms with van der Waals surface area (Å²) in [6.45, 7) is 2.99. The molecule has 1 heterocycles. The molecule has 1 aromatic carbocycles. The first-order valence-electron chi connectivity index (χ1n) is 7.68. The molecular weight excluding hydrogens is 327 g/mol. The monoisotopic (exact) mass is 344 g/mol. The lowest BCUT2D eigenvalue weighted by Gasteiger charge is -2.15. The van der Waals surface area contributed by atoms with E-state index >= 15 is 0 Å². The number of Topliss-reactive ketones (excluding diaryl/α,β-unsaturated/α-hetero) is 1. The summed E-state index contributed by atoms with van der Waals surface area (Å²) in [5, 5.41) is 19.5. The van der Waals surface area contributed by atoms with Crippen LogP contribution < -0.4 is 10.3 Å². The van der Waals surface area contributed by atoms with Crippen molar-refractivity contribution in [2.45, 2.75) is 26.8 Å². The third-order valence-corrected chi connectivity index (χ3v) is 3.71. The summed E-state index contributed by atoms with van der Waals surface area (Å²) in [7, 11) is 0. The maximum atomic E-state index is 12.9. The van der Waals surface area contributed by atoms with Crippen molar-refractivity contribution >= 4 is 5.78 Å². The van der Waals surface area contributed by atoms with Crippen molar-refractivity contribution in [3.05, 3.63) is 57.1 Å². The van der Waals surface area contributed by atoms with Crippen LogP contribution in [-0.4, -0.2) is 22.1 Å². The van der Waals surface area contributed by atoms with E-state index in [1.54, 1.807) is 13.0 Å². The quantitative estimate of drug-likeness (QED) is 0.813. The topological polar surface area (TPSA) is 92.3 Å².